The summed E-state index contributed by atoms with van der Waals surface area (Å²) in [5, 5.41) is 3.34. The minimum atomic E-state index is 0.474. The predicted octanol–water partition coefficient (Wildman–Crippen LogP) is 3.74. The van der Waals surface area contributed by atoms with Crippen molar-refractivity contribution in [1.29, 1.82) is 0 Å². The van der Waals surface area contributed by atoms with Crippen LogP contribution in [0, 0.1) is 13.8 Å². The van der Waals surface area contributed by atoms with Crippen LogP contribution in [0.15, 0.2) is 16.6 Å². The van der Waals surface area contributed by atoms with E-state index in [1.807, 2.05) is 7.05 Å². The Morgan fingerprint density at radius 1 is 1.29 bits per heavy atom. The first-order valence-electron chi connectivity index (χ1n) is 5.04. The van der Waals surface area contributed by atoms with Crippen LogP contribution in [-0.2, 0) is 0 Å². The molecule has 78 valence electrons. The molecule has 2 heteroatoms. The molecule has 0 spiro atoms. The van der Waals surface area contributed by atoms with Crippen LogP contribution in [0.25, 0.3) is 0 Å². The van der Waals surface area contributed by atoms with Gasteiger partial charge in [-0.1, -0.05) is 28.9 Å². The van der Waals surface area contributed by atoms with Gasteiger partial charge in [0, 0.05) is 10.5 Å². The van der Waals surface area contributed by atoms with E-state index >= 15 is 0 Å². The fraction of sp³-hybridized carbons (Fsp3) is 0.500. The summed E-state index contributed by atoms with van der Waals surface area (Å²) in [6.07, 6.45) is 1.12. The van der Waals surface area contributed by atoms with Crippen molar-refractivity contribution >= 4 is 15.9 Å². The summed E-state index contributed by atoms with van der Waals surface area (Å²) in [7, 11) is 2.02. The summed E-state index contributed by atoms with van der Waals surface area (Å²) in [6, 6.07) is 4.94. The molecule has 1 aromatic rings. The summed E-state index contributed by atoms with van der Waals surface area (Å²) in [6.45, 7) is 6.51. The number of halogens is 1. The second-order valence-corrected chi connectivity index (χ2v) is 4.56. The molecule has 0 heterocycles. The number of hydrogen-bond donors (Lipinski definition) is 1. The van der Waals surface area contributed by atoms with Gasteiger partial charge >= 0.3 is 0 Å². The third-order valence-electron chi connectivity index (χ3n) is 2.68. The van der Waals surface area contributed by atoms with Gasteiger partial charge in [0.15, 0.2) is 0 Å². The lowest BCUT2D eigenvalue weighted by Crippen LogP contribution is -2.16. The Morgan fingerprint density at radius 2 is 1.93 bits per heavy atom. The van der Waals surface area contributed by atoms with Crippen molar-refractivity contribution in [1.82, 2.24) is 5.32 Å². The molecule has 0 radical (unpaired) electrons. The number of rotatable bonds is 3. The third-order valence-corrected chi connectivity index (χ3v) is 3.53. The van der Waals surface area contributed by atoms with Crippen LogP contribution in [0.2, 0.25) is 0 Å². The zero-order valence-corrected chi connectivity index (χ0v) is 10.9. The van der Waals surface area contributed by atoms with Crippen molar-refractivity contribution < 1.29 is 0 Å². The molecule has 1 rings (SSSR count). The van der Waals surface area contributed by atoms with E-state index in [0.717, 1.165) is 6.42 Å². The van der Waals surface area contributed by atoms with Crippen LogP contribution in [-0.4, -0.2) is 7.05 Å². The lowest BCUT2D eigenvalue weighted by molar-refractivity contribution is 0.573. The van der Waals surface area contributed by atoms with E-state index in [1.165, 1.54) is 21.2 Å². The average molecular weight is 256 g/mol. The van der Waals surface area contributed by atoms with E-state index in [1.54, 1.807) is 0 Å². The Balaban J connectivity index is 3.14. The van der Waals surface area contributed by atoms with Crippen LogP contribution >= 0.6 is 15.9 Å². The Morgan fingerprint density at radius 3 is 2.43 bits per heavy atom. The minimum Gasteiger partial charge on any atom is -0.313 e. The molecule has 0 fully saturated rings. The van der Waals surface area contributed by atoms with Gasteiger partial charge in [0.2, 0.25) is 0 Å². The van der Waals surface area contributed by atoms with Gasteiger partial charge in [-0.2, -0.15) is 0 Å². The molecule has 0 bridgehead atoms. The van der Waals surface area contributed by atoms with Crippen LogP contribution in [0.5, 0.6) is 0 Å². The first-order chi connectivity index (χ1) is 6.60. The topological polar surface area (TPSA) is 12.0 Å². The molecule has 0 aliphatic carbocycles. The monoisotopic (exact) mass is 255 g/mol. The average Bonchev–Trinajstić information content (AvgIpc) is 2.15. The lowest BCUT2D eigenvalue weighted by Gasteiger charge is -2.18. The van der Waals surface area contributed by atoms with E-state index < -0.39 is 0 Å². The molecule has 1 unspecified atom stereocenters. The second-order valence-electron chi connectivity index (χ2n) is 3.71. The van der Waals surface area contributed by atoms with Gasteiger partial charge < -0.3 is 5.32 Å². The largest absolute Gasteiger partial charge is 0.313 e. The maximum atomic E-state index is 3.55. The van der Waals surface area contributed by atoms with Gasteiger partial charge in [0.25, 0.3) is 0 Å². The van der Waals surface area contributed by atoms with Crippen molar-refractivity contribution in [2.75, 3.05) is 7.05 Å². The molecule has 0 aromatic heterocycles. The van der Waals surface area contributed by atoms with Crippen molar-refractivity contribution in [3.63, 3.8) is 0 Å². The van der Waals surface area contributed by atoms with Gasteiger partial charge in [0.1, 0.15) is 0 Å². The summed E-state index contributed by atoms with van der Waals surface area (Å²) in [5.41, 5.74) is 4.07. The summed E-state index contributed by atoms with van der Waals surface area (Å²) in [4.78, 5) is 0. The lowest BCUT2D eigenvalue weighted by atomic mass is 9.97. The number of benzene rings is 1. The Hall–Kier alpha value is -0.340. The van der Waals surface area contributed by atoms with E-state index in [4.69, 9.17) is 0 Å². The van der Waals surface area contributed by atoms with E-state index in [0.29, 0.717) is 6.04 Å². The van der Waals surface area contributed by atoms with Gasteiger partial charge in [-0.3, -0.25) is 0 Å². The molecule has 0 amide bonds. The standard InChI is InChI=1S/C12H18BrN/c1-5-12(14-4)10-6-9(3)11(13)7-8(10)2/h6-7,12,14H,5H2,1-4H3. The molecule has 1 N–H and O–H groups in total. The highest BCUT2D eigenvalue weighted by Gasteiger charge is 2.10. The highest BCUT2D eigenvalue weighted by molar-refractivity contribution is 9.10. The highest BCUT2D eigenvalue weighted by Crippen LogP contribution is 2.26. The number of aryl methyl sites for hydroxylation is 2. The smallest absolute Gasteiger partial charge is 0.0317 e. The van der Waals surface area contributed by atoms with E-state index in [9.17, 15) is 0 Å². The van der Waals surface area contributed by atoms with Crippen molar-refractivity contribution in [2.24, 2.45) is 0 Å². The van der Waals surface area contributed by atoms with Gasteiger partial charge in [-0.15, -0.1) is 0 Å². The predicted molar refractivity (Wildman–Crippen MR) is 65.7 cm³/mol. The first kappa shape index (κ1) is 11.7. The Kier molecular flexibility index (Phi) is 4.14. The third kappa shape index (κ3) is 2.37. The molecule has 1 atom stereocenters. The molecule has 0 saturated carbocycles. The van der Waals surface area contributed by atoms with Gasteiger partial charge in [0.05, 0.1) is 0 Å². The summed E-state index contributed by atoms with van der Waals surface area (Å²) >= 11 is 3.55. The van der Waals surface area contributed by atoms with Crippen molar-refractivity contribution in [3.8, 4) is 0 Å². The summed E-state index contributed by atoms with van der Waals surface area (Å²) < 4.78 is 1.20. The summed E-state index contributed by atoms with van der Waals surface area (Å²) in [5.74, 6) is 0. The molecular weight excluding hydrogens is 238 g/mol. The normalized spacial score (nSPS) is 12.9. The second kappa shape index (κ2) is 4.94. The maximum Gasteiger partial charge on any atom is 0.0317 e. The van der Waals surface area contributed by atoms with Crippen LogP contribution in [0.1, 0.15) is 36.1 Å². The molecule has 1 aromatic carbocycles. The highest BCUT2D eigenvalue weighted by atomic mass is 79.9. The van der Waals surface area contributed by atoms with Gasteiger partial charge in [-0.25, -0.2) is 0 Å². The molecular formula is C12H18BrN. The first-order valence-corrected chi connectivity index (χ1v) is 5.83. The molecule has 14 heavy (non-hydrogen) atoms. The zero-order chi connectivity index (χ0) is 10.7. The van der Waals surface area contributed by atoms with Crippen LogP contribution in [0.4, 0.5) is 0 Å². The Labute approximate surface area is 95.0 Å². The molecule has 1 nitrogen and oxygen atoms in total. The Bertz CT molecular complexity index is 316. The van der Waals surface area contributed by atoms with Crippen molar-refractivity contribution in [3.05, 3.63) is 33.3 Å². The fourth-order valence-electron chi connectivity index (χ4n) is 1.76. The van der Waals surface area contributed by atoms with Crippen LogP contribution < -0.4 is 5.32 Å². The van der Waals surface area contributed by atoms with Crippen LogP contribution in [0.3, 0.4) is 0 Å². The molecule has 0 saturated heterocycles. The van der Waals surface area contributed by atoms with E-state index in [2.05, 4.69) is 54.2 Å². The zero-order valence-electron chi connectivity index (χ0n) is 9.32. The van der Waals surface area contributed by atoms with E-state index in [-0.39, 0.29) is 0 Å². The van der Waals surface area contributed by atoms with Crippen molar-refractivity contribution in [2.45, 2.75) is 33.2 Å². The SMILES string of the molecule is CCC(NC)c1cc(C)c(Br)cc1C. The minimum absolute atomic E-state index is 0.474. The van der Waals surface area contributed by atoms with Gasteiger partial charge in [-0.05, 0) is 50.1 Å². The number of hydrogen-bond acceptors (Lipinski definition) is 1. The fourth-order valence-corrected chi connectivity index (χ4v) is 2.22. The molecule has 0 aliphatic rings. The quantitative estimate of drug-likeness (QED) is 0.868. The number of nitrogens with one attached hydrogen (secondary N) is 1. The molecule has 0 aliphatic heterocycles. The maximum absolute atomic E-state index is 3.55.